The molecule has 0 aromatic carbocycles. The van der Waals surface area contributed by atoms with Crippen LogP contribution in [0.4, 0.5) is 5.82 Å². The van der Waals surface area contributed by atoms with Gasteiger partial charge in [0.2, 0.25) is 0 Å². The molecule has 0 saturated carbocycles. The largest absolute Gasteiger partial charge is 0.337 e. The molecule has 100 valence electrons. The van der Waals surface area contributed by atoms with E-state index >= 15 is 0 Å². The number of hydrogen-bond donors (Lipinski definition) is 2. The Bertz CT molecular complexity index is 568. The average molecular weight is 276 g/mol. The molecule has 6 heteroatoms. The number of hydrogen-bond acceptors (Lipinski definition) is 5. The van der Waals surface area contributed by atoms with Crippen LogP contribution in [0.5, 0.6) is 0 Å². The van der Waals surface area contributed by atoms with Crippen molar-refractivity contribution in [2.45, 2.75) is 13.5 Å². The van der Waals surface area contributed by atoms with Gasteiger partial charge in [-0.15, -0.1) is 0 Å². The van der Waals surface area contributed by atoms with Crippen LogP contribution in [0.15, 0.2) is 29.0 Å². The summed E-state index contributed by atoms with van der Waals surface area (Å²) in [6, 6.07) is 5.42. The van der Waals surface area contributed by atoms with Crippen molar-refractivity contribution in [3.8, 4) is 0 Å². The number of nitrogens with two attached hydrogens (primary N) is 1. The molecule has 1 amide bonds. The number of aryl methyl sites for hydroxylation is 1. The molecule has 0 bridgehead atoms. The topological polar surface area (TPSA) is 71.2 Å². The number of amides is 1. The first-order chi connectivity index (χ1) is 9.10. The van der Waals surface area contributed by atoms with Gasteiger partial charge in [0.1, 0.15) is 5.82 Å². The summed E-state index contributed by atoms with van der Waals surface area (Å²) in [6.45, 7) is 2.42. The van der Waals surface area contributed by atoms with Crippen LogP contribution in [-0.4, -0.2) is 22.8 Å². The molecular weight excluding hydrogens is 260 g/mol. The summed E-state index contributed by atoms with van der Waals surface area (Å²) in [5.41, 5.74) is 4.93. The second-order valence-electron chi connectivity index (χ2n) is 4.32. The first-order valence-corrected chi connectivity index (χ1v) is 6.76. The minimum absolute atomic E-state index is 0.0480. The number of carbonyl (C=O) groups is 1. The molecule has 19 heavy (non-hydrogen) atoms. The standard InChI is InChI=1S/C13H16N4OS/c1-9-5-11(6-12(15-9)16-14)13(18)17(2)7-10-3-4-19-8-10/h3-6,8H,7,14H2,1-2H3,(H,15,16). The quantitative estimate of drug-likeness (QED) is 0.662. The van der Waals surface area contributed by atoms with E-state index in [9.17, 15) is 4.79 Å². The number of aromatic nitrogens is 1. The molecule has 5 nitrogen and oxygen atoms in total. The summed E-state index contributed by atoms with van der Waals surface area (Å²) in [7, 11) is 1.78. The smallest absolute Gasteiger partial charge is 0.254 e. The minimum atomic E-state index is -0.0480. The van der Waals surface area contributed by atoms with Gasteiger partial charge in [-0.25, -0.2) is 10.8 Å². The van der Waals surface area contributed by atoms with Crippen LogP contribution in [0.3, 0.4) is 0 Å². The minimum Gasteiger partial charge on any atom is -0.337 e. The number of pyridine rings is 1. The normalized spacial score (nSPS) is 10.3. The lowest BCUT2D eigenvalue weighted by Gasteiger charge is -2.17. The molecule has 0 aliphatic rings. The predicted molar refractivity (Wildman–Crippen MR) is 76.9 cm³/mol. The number of thiophene rings is 1. The zero-order valence-corrected chi connectivity index (χ0v) is 11.7. The summed E-state index contributed by atoms with van der Waals surface area (Å²) in [5.74, 6) is 5.78. The van der Waals surface area contributed by atoms with Crippen molar-refractivity contribution in [1.29, 1.82) is 0 Å². The third-order valence-corrected chi connectivity index (χ3v) is 3.43. The molecule has 0 atom stereocenters. The maximum absolute atomic E-state index is 12.3. The predicted octanol–water partition coefficient (Wildman–Crippen LogP) is 2.01. The second-order valence-corrected chi connectivity index (χ2v) is 5.10. The molecule has 0 aliphatic heterocycles. The first kappa shape index (κ1) is 13.5. The van der Waals surface area contributed by atoms with Crippen molar-refractivity contribution in [3.63, 3.8) is 0 Å². The molecule has 0 saturated heterocycles. The lowest BCUT2D eigenvalue weighted by Crippen LogP contribution is -2.26. The van der Waals surface area contributed by atoms with E-state index in [1.54, 1.807) is 35.4 Å². The number of nitrogens with zero attached hydrogens (tertiary/aromatic N) is 2. The second kappa shape index (κ2) is 5.81. The average Bonchev–Trinajstić information content (AvgIpc) is 2.89. The van der Waals surface area contributed by atoms with Gasteiger partial charge in [0.05, 0.1) is 0 Å². The molecule has 0 fully saturated rings. The summed E-state index contributed by atoms with van der Waals surface area (Å²) < 4.78 is 0. The van der Waals surface area contributed by atoms with Gasteiger partial charge in [-0.3, -0.25) is 4.79 Å². The Labute approximate surface area is 116 Å². The van der Waals surface area contributed by atoms with Crippen molar-refractivity contribution >= 4 is 23.1 Å². The Morgan fingerprint density at radius 3 is 2.95 bits per heavy atom. The number of hydrazine groups is 1. The highest BCUT2D eigenvalue weighted by Crippen LogP contribution is 2.14. The highest BCUT2D eigenvalue weighted by molar-refractivity contribution is 7.07. The van der Waals surface area contributed by atoms with Crippen LogP contribution in [0.2, 0.25) is 0 Å². The van der Waals surface area contributed by atoms with E-state index in [-0.39, 0.29) is 5.91 Å². The number of carbonyl (C=O) groups excluding carboxylic acids is 1. The van der Waals surface area contributed by atoms with Crippen LogP contribution < -0.4 is 11.3 Å². The van der Waals surface area contributed by atoms with E-state index in [0.29, 0.717) is 17.9 Å². The monoisotopic (exact) mass is 276 g/mol. The van der Waals surface area contributed by atoms with E-state index in [4.69, 9.17) is 5.84 Å². The van der Waals surface area contributed by atoms with Crippen molar-refractivity contribution in [2.75, 3.05) is 12.5 Å². The summed E-state index contributed by atoms with van der Waals surface area (Å²) >= 11 is 1.62. The van der Waals surface area contributed by atoms with Crippen LogP contribution >= 0.6 is 11.3 Å². The molecule has 2 rings (SSSR count). The van der Waals surface area contributed by atoms with Gasteiger partial charge in [-0.2, -0.15) is 11.3 Å². The van der Waals surface area contributed by atoms with E-state index in [2.05, 4.69) is 10.4 Å². The van der Waals surface area contributed by atoms with Crippen molar-refractivity contribution in [3.05, 3.63) is 45.8 Å². The molecule has 2 aromatic heterocycles. The zero-order chi connectivity index (χ0) is 13.8. The molecule has 0 unspecified atom stereocenters. The Balaban J connectivity index is 2.16. The third kappa shape index (κ3) is 3.30. The van der Waals surface area contributed by atoms with Crippen LogP contribution in [-0.2, 0) is 6.54 Å². The maximum Gasteiger partial charge on any atom is 0.254 e. The Morgan fingerprint density at radius 2 is 2.32 bits per heavy atom. The van der Waals surface area contributed by atoms with E-state index in [0.717, 1.165) is 11.3 Å². The molecular formula is C13H16N4OS. The fraction of sp³-hybridized carbons (Fsp3) is 0.231. The Kier molecular flexibility index (Phi) is 4.13. The van der Waals surface area contributed by atoms with E-state index in [1.165, 1.54) is 0 Å². The molecule has 3 N–H and O–H groups in total. The molecule has 0 spiro atoms. The van der Waals surface area contributed by atoms with Gasteiger partial charge in [0, 0.05) is 24.8 Å². The highest BCUT2D eigenvalue weighted by atomic mass is 32.1. The molecule has 2 aromatic rings. The maximum atomic E-state index is 12.3. The van der Waals surface area contributed by atoms with Crippen molar-refractivity contribution in [2.24, 2.45) is 5.84 Å². The van der Waals surface area contributed by atoms with Crippen LogP contribution in [0.1, 0.15) is 21.6 Å². The van der Waals surface area contributed by atoms with Gasteiger partial charge in [-0.05, 0) is 41.4 Å². The van der Waals surface area contributed by atoms with Crippen LogP contribution in [0.25, 0.3) is 0 Å². The van der Waals surface area contributed by atoms with Crippen molar-refractivity contribution < 1.29 is 4.79 Å². The lowest BCUT2D eigenvalue weighted by molar-refractivity contribution is 0.0785. The summed E-state index contributed by atoms with van der Waals surface area (Å²) in [6.07, 6.45) is 0. The fourth-order valence-electron chi connectivity index (χ4n) is 1.81. The van der Waals surface area contributed by atoms with Gasteiger partial charge < -0.3 is 10.3 Å². The molecule has 2 heterocycles. The van der Waals surface area contributed by atoms with Crippen LogP contribution in [0, 0.1) is 6.92 Å². The Hall–Kier alpha value is -1.92. The SMILES string of the molecule is Cc1cc(C(=O)N(C)Cc2ccsc2)cc(NN)n1. The highest BCUT2D eigenvalue weighted by Gasteiger charge is 2.14. The molecule has 0 aliphatic carbocycles. The number of rotatable bonds is 4. The zero-order valence-electron chi connectivity index (χ0n) is 10.9. The van der Waals surface area contributed by atoms with Crippen molar-refractivity contribution in [1.82, 2.24) is 9.88 Å². The Morgan fingerprint density at radius 1 is 1.53 bits per heavy atom. The number of nitrogens with one attached hydrogen (secondary N) is 1. The van der Waals surface area contributed by atoms with Gasteiger partial charge >= 0.3 is 0 Å². The number of nitrogen functional groups attached to an aromatic ring is 1. The summed E-state index contributed by atoms with van der Waals surface area (Å²) in [4.78, 5) is 18.2. The third-order valence-electron chi connectivity index (χ3n) is 2.69. The fourth-order valence-corrected chi connectivity index (χ4v) is 2.47. The van der Waals surface area contributed by atoms with E-state index < -0.39 is 0 Å². The first-order valence-electron chi connectivity index (χ1n) is 5.82. The lowest BCUT2D eigenvalue weighted by atomic mass is 10.2. The van der Waals surface area contributed by atoms with Gasteiger partial charge in [0.15, 0.2) is 0 Å². The molecule has 0 radical (unpaired) electrons. The summed E-state index contributed by atoms with van der Waals surface area (Å²) in [5, 5.41) is 4.04. The number of anilines is 1. The van der Waals surface area contributed by atoms with E-state index in [1.807, 2.05) is 23.8 Å². The van der Waals surface area contributed by atoms with Gasteiger partial charge in [-0.1, -0.05) is 0 Å². The van der Waals surface area contributed by atoms with Gasteiger partial charge in [0.25, 0.3) is 5.91 Å².